The van der Waals surface area contributed by atoms with E-state index in [1.165, 1.54) is 4.90 Å². The normalized spacial score (nSPS) is 10.4. The molecular formula is C18H23N3O5. The van der Waals surface area contributed by atoms with Crippen LogP contribution in [0.1, 0.15) is 12.2 Å². The standard InChI is InChI=1S/C18H23N3O5/c1-14-11-16(20-26-14)19-17(22)12-21(9-6-10-24-2)18(23)13-25-15-7-4-3-5-8-15/h3-5,7-8,11H,6,9-10,12-13H2,1-2H3,(H,19,20,22). The van der Waals surface area contributed by atoms with Crippen LogP contribution in [0.25, 0.3) is 0 Å². The molecule has 0 unspecified atom stereocenters. The van der Waals surface area contributed by atoms with Gasteiger partial charge in [0.05, 0.1) is 0 Å². The van der Waals surface area contributed by atoms with Gasteiger partial charge < -0.3 is 24.2 Å². The van der Waals surface area contributed by atoms with Crippen molar-refractivity contribution in [1.29, 1.82) is 0 Å². The molecule has 0 saturated heterocycles. The van der Waals surface area contributed by atoms with E-state index < -0.39 is 0 Å². The molecule has 0 spiro atoms. The monoisotopic (exact) mass is 361 g/mol. The summed E-state index contributed by atoms with van der Waals surface area (Å²) >= 11 is 0. The minimum absolute atomic E-state index is 0.105. The van der Waals surface area contributed by atoms with Crippen molar-refractivity contribution in [1.82, 2.24) is 10.1 Å². The van der Waals surface area contributed by atoms with Crippen LogP contribution in [0, 0.1) is 6.92 Å². The Morgan fingerprint density at radius 2 is 2.04 bits per heavy atom. The molecule has 0 saturated carbocycles. The first kappa shape index (κ1) is 19.5. The van der Waals surface area contributed by atoms with Crippen LogP contribution < -0.4 is 10.1 Å². The number of rotatable bonds is 10. The molecule has 2 rings (SSSR count). The number of para-hydroxylation sites is 1. The van der Waals surface area contributed by atoms with Crippen LogP contribution in [0.5, 0.6) is 5.75 Å². The third kappa shape index (κ3) is 6.56. The Morgan fingerprint density at radius 3 is 2.69 bits per heavy atom. The number of aromatic nitrogens is 1. The fourth-order valence-corrected chi connectivity index (χ4v) is 2.23. The van der Waals surface area contributed by atoms with Gasteiger partial charge in [-0.05, 0) is 25.5 Å². The smallest absolute Gasteiger partial charge is 0.260 e. The quantitative estimate of drug-likeness (QED) is 0.649. The van der Waals surface area contributed by atoms with Crippen molar-refractivity contribution in [2.45, 2.75) is 13.3 Å². The summed E-state index contributed by atoms with van der Waals surface area (Å²) in [5.74, 6) is 0.863. The highest BCUT2D eigenvalue weighted by atomic mass is 16.5. The van der Waals surface area contributed by atoms with Gasteiger partial charge in [0.25, 0.3) is 5.91 Å². The van der Waals surface area contributed by atoms with Gasteiger partial charge in [0.15, 0.2) is 12.4 Å². The van der Waals surface area contributed by atoms with Crippen LogP contribution in [0.2, 0.25) is 0 Å². The highest BCUT2D eigenvalue weighted by Gasteiger charge is 2.18. The molecule has 0 aliphatic carbocycles. The molecule has 2 amide bonds. The van der Waals surface area contributed by atoms with Crippen molar-refractivity contribution in [3.8, 4) is 5.75 Å². The van der Waals surface area contributed by atoms with Crippen LogP contribution in [0.15, 0.2) is 40.9 Å². The van der Waals surface area contributed by atoms with Crippen LogP contribution in [0.3, 0.4) is 0 Å². The Hall–Kier alpha value is -2.87. The topological polar surface area (TPSA) is 93.9 Å². The van der Waals surface area contributed by atoms with Gasteiger partial charge in [-0.25, -0.2) is 0 Å². The van der Waals surface area contributed by atoms with Gasteiger partial charge in [-0.15, -0.1) is 0 Å². The average Bonchev–Trinajstić information content (AvgIpc) is 3.04. The lowest BCUT2D eigenvalue weighted by Gasteiger charge is -2.22. The third-order valence-corrected chi connectivity index (χ3v) is 3.46. The number of aryl methyl sites for hydroxylation is 1. The van der Waals surface area contributed by atoms with Crippen molar-refractivity contribution in [2.24, 2.45) is 0 Å². The lowest BCUT2D eigenvalue weighted by molar-refractivity contribution is -0.136. The molecule has 2 aromatic rings. The maximum absolute atomic E-state index is 12.4. The number of carbonyl (C=O) groups is 2. The molecule has 26 heavy (non-hydrogen) atoms. The zero-order valence-electron chi connectivity index (χ0n) is 14.9. The van der Waals surface area contributed by atoms with Crippen LogP contribution in [-0.4, -0.2) is 55.3 Å². The Morgan fingerprint density at radius 1 is 1.27 bits per heavy atom. The van der Waals surface area contributed by atoms with E-state index in [4.69, 9.17) is 14.0 Å². The first-order valence-corrected chi connectivity index (χ1v) is 8.26. The average molecular weight is 361 g/mol. The van der Waals surface area contributed by atoms with Crippen LogP contribution >= 0.6 is 0 Å². The predicted octanol–water partition coefficient (Wildman–Crippen LogP) is 1.87. The molecule has 0 bridgehead atoms. The number of hydrogen-bond donors (Lipinski definition) is 1. The van der Waals surface area contributed by atoms with Crippen molar-refractivity contribution in [3.63, 3.8) is 0 Å². The number of anilines is 1. The summed E-state index contributed by atoms with van der Waals surface area (Å²) in [6.07, 6.45) is 0.615. The molecule has 8 nitrogen and oxygen atoms in total. The molecule has 0 aliphatic heterocycles. The summed E-state index contributed by atoms with van der Waals surface area (Å²) < 4.78 is 15.4. The largest absolute Gasteiger partial charge is 0.484 e. The number of benzene rings is 1. The number of ether oxygens (including phenoxy) is 2. The van der Waals surface area contributed by atoms with E-state index in [9.17, 15) is 9.59 Å². The van der Waals surface area contributed by atoms with E-state index in [2.05, 4.69) is 10.5 Å². The SMILES string of the molecule is COCCCN(CC(=O)Nc1cc(C)on1)C(=O)COc1ccccc1. The summed E-state index contributed by atoms with van der Waals surface area (Å²) in [5, 5.41) is 6.31. The molecule has 1 heterocycles. The molecule has 1 aromatic heterocycles. The molecule has 0 radical (unpaired) electrons. The van der Waals surface area contributed by atoms with Gasteiger partial charge in [-0.3, -0.25) is 9.59 Å². The zero-order chi connectivity index (χ0) is 18.8. The van der Waals surface area contributed by atoms with Gasteiger partial charge in [0.2, 0.25) is 5.91 Å². The highest BCUT2D eigenvalue weighted by Crippen LogP contribution is 2.09. The van der Waals surface area contributed by atoms with Gasteiger partial charge >= 0.3 is 0 Å². The maximum Gasteiger partial charge on any atom is 0.260 e. The molecule has 8 heteroatoms. The fourth-order valence-electron chi connectivity index (χ4n) is 2.23. The maximum atomic E-state index is 12.4. The number of nitrogens with one attached hydrogen (secondary N) is 1. The molecule has 0 aliphatic rings. The number of nitrogens with zero attached hydrogens (tertiary/aromatic N) is 2. The van der Waals surface area contributed by atoms with E-state index in [0.29, 0.717) is 36.9 Å². The number of methoxy groups -OCH3 is 1. The van der Waals surface area contributed by atoms with Crippen molar-refractivity contribution in [3.05, 3.63) is 42.2 Å². The van der Waals surface area contributed by atoms with Crippen molar-refractivity contribution < 1.29 is 23.6 Å². The Labute approximate surface area is 152 Å². The molecule has 0 fully saturated rings. The van der Waals surface area contributed by atoms with Crippen LogP contribution in [-0.2, 0) is 14.3 Å². The third-order valence-electron chi connectivity index (χ3n) is 3.46. The predicted molar refractivity (Wildman–Crippen MR) is 94.9 cm³/mol. The zero-order valence-corrected chi connectivity index (χ0v) is 14.9. The van der Waals surface area contributed by atoms with Gasteiger partial charge in [0, 0.05) is 26.3 Å². The van der Waals surface area contributed by atoms with E-state index >= 15 is 0 Å². The minimum Gasteiger partial charge on any atom is -0.484 e. The molecule has 1 N–H and O–H groups in total. The summed E-state index contributed by atoms with van der Waals surface area (Å²) in [7, 11) is 1.59. The van der Waals surface area contributed by atoms with Gasteiger partial charge in [-0.1, -0.05) is 23.4 Å². The number of hydrogen-bond acceptors (Lipinski definition) is 6. The second kappa shape index (κ2) is 10.2. The Balaban J connectivity index is 1.90. The first-order chi connectivity index (χ1) is 12.6. The van der Waals surface area contributed by atoms with Gasteiger partial charge in [-0.2, -0.15) is 0 Å². The first-order valence-electron chi connectivity index (χ1n) is 8.26. The van der Waals surface area contributed by atoms with Gasteiger partial charge in [0.1, 0.15) is 18.1 Å². The molecule has 0 atom stereocenters. The van der Waals surface area contributed by atoms with E-state index in [1.807, 2.05) is 18.2 Å². The van der Waals surface area contributed by atoms with E-state index in [1.54, 1.807) is 32.2 Å². The van der Waals surface area contributed by atoms with Crippen molar-refractivity contribution in [2.75, 3.05) is 38.7 Å². The fraction of sp³-hybridized carbons (Fsp3) is 0.389. The number of amides is 2. The lowest BCUT2D eigenvalue weighted by Crippen LogP contribution is -2.41. The molecule has 140 valence electrons. The minimum atomic E-state index is -0.358. The summed E-state index contributed by atoms with van der Waals surface area (Å²) in [5.41, 5.74) is 0. The highest BCUT2D eigenvalue weighted by molar-refractivity contribution is 5.94. The number of carbonyl (C=O) groups excluding carboxylic acids is 2. The van der Waals surface area contributed by atoms with Crippen molar-refractivity contribution >= 4 is 17.6 Å². The summed E-state index contributed by atoms with van der Waals surface area (Å²) in [4.78, 5) is 26.1. The molecule has 1 aromatic carbocycles. The Bertz CT molecular complexity index is 702. The van der Waals surface area contributed by atoms with Crippen LogP contribution in [0.4, 0.5) is 5.82 Å². The van der Waals surface area contributed by atoms with E-state index in [0.717, 1.165) is 0 Å². The Kier molecular flexibility index (Phi) is 7.63. The summed E-state index contributed by atoms with van der Waals surface area (Å²) in [6, 6.07) is 10.6. The molecular weight excluding hydrogens is 338 g/mol. The van der Waals surface area contributed by atoms with E-state index in [-0.39, 0.29) is 25.0 Å². The lowest BCUT2D eigenvalue weighted by atomic mass is 10.3. The summed E-state index contributed by atoms with van der Waals surface area (Å²) in [6.45, 7) is 2.35. The second-order valence-corrected chi connectivity index (χ2v) is 5.63. The second-order valence-electron chi connectivity index (χ2n) is 5.63.